The average Bonchev–Trinajstić information content (AvgIpc) is 2.24. The number of halogens is 2. The minimum atomic E-state index is -1.13. The molecule has 18 heavy (non-hydrogen) atoms. The first-order valence-corrected chi connectivity index (χ1v) is 6.18. The summed E-state index contributed by atoms with van der Waals surface area (Å²) in [4.78, 5) is 10.8. The molecule has 3 N–H and O–H groups in total. The van der Waals surface area contributed by atoms with Crippen LogP contribution in [0.5, 0.6) is 0 Å². The Morgan fingerprint density at radius 2 is 1.83 bits per heavy atom. The zero-order valence-electron chi connectivity index (χ0n) is 10.1. The van der Waals surface area contributed by atoms with Crippen LogP contribution in [0.4, 0.5) is 4.79 Å². The Kier molecular flexibility index (Phi) is 5.26. The van der Waals surface area contributed by atoms with Gasteiger partial charge in [0.2, 0.25) is 0 Å². The molecule has 0 heterocycles. The Hall–Kier alpha value is -0.970. The van der Waals surface area contributed by atoms with Crippen molar-refractivity contribution in [3.05, 3.63) is 33.8 Å². The molecule has 1 rings (SSSR count). The molecule has 0 spiro atoms. The van der Waals surface area contributed by atoms with E-state index < -0.39 is 18.3 Å². The number of carbonyl (C=O) groups is 1. The number of rotatable bonds is 4. The lowest BCUT2D eigenvalue weighted by Crippen LogP contribution is -2.32. The SMILES string of the molecule is CC(C)C(OC(N)=O)C(O)c1c(Cl)cccc1Cl. The predicted molar refractivity (Wildman–Crippen MR) is 70.7 cm³/mol. The molecule has 0 fully saturated rings. The van der Waals surface area contributed by atoms with Gasteiger partial charge in [-0.2, -0.15) is 0 Å². The maximum atomic E-state index is 10.8. The van der Waals surface area contributed by atoms with E-state index >= 15 is 0 Å². The van der Waals surface area contributed by atoms with Crippen LogP contribution in [0.2, 0.25) is 10.0 Å². The summed E-state index contributed by atoms with van der Waals surface area (Å²) < 4.78 is 4.91. The van der Waals surface area contributed by atoms with Gasteiger partial charge in [0.05, 0.1) is 0 Å². The van der Waals surface area contributed by atoms with E-state index in [0.29, 0.717) is 15.6 Å². The van der Waals surface area contributed by atoms with E-state index in [1.165, 1.54) is 0 Å². The van der Waals surface area contributed by atoms with Crippen LogP contribution in [0.15, 0.2) is 18.2 Å². The van der Waals surface area contributed by atoms with E-state index in [9.17, 15) is 9.90 Å². The molecule has 0 aliphatic heterocycles. The summed E-state index contributed by atoms with van der Waals surface area (Å²) in [7, 11) is 0. The van der Waals surface area contributed by atoms with Crippen LogP contribution in [0.25, 0.3) is 0 Å². The number of nitrogens with two attached hydrogens (primary N) is 1. The summed E-state index contributed by atoms with van der Waals surface area (Å²) in [5.74, 6) is -0.139. The van der Waals surface area contributed by atoms with Gasteiger partial charge in [0.25, 0.3) is 0 Å². The number of ether oxygens (including phenoxy) is 1. The molecule has 0 radical (unpaired) electrons. The third kappa shape index (κ3) is 3.51. The molecule has 1 aromatic carbocycles. The van der Waals surface area contributed by atoms with E-state index in [2.05, 4.69) is 0 Å². The van der Waals surface area contributed by atoms with Gasteiger partial charge in [0.15, 0.2) is 0 Å². The molecule has 4 nitrogen and oxygen atoms in total. The summed E-state index contributed by atoms with van der Waals surface area (Å²) >= 11 is 12.0. The van der Waals surface area contributed by atoms with Crippen LogP contribution >= 0.6 is 23.2 Å². The molecular weight excluding hydrogens is 277 g/mol. The van der Waals surface area contributed by atoms with E-state index in [4.69, 9.17) is 33.7 Å². The lowest BCUT2D eigenvalue weighted by atomic mass is 9.96. The van der Waals surface area contributed by atoms with Crippen LogP contribution in [-0.4, -0.2) is 17.3 Å². The van der Waals surface area contributed by atoms with Crippen molar-refractivity contribution in [3.63, 3.8) is 0 Å². The van der Waals surface area contributed by atoms with Crippen LogP contribution in [-0.2, 0) is 4.74 Å². The lowest BCUT2D eigenvalue weighted by Gasteiger charge is -2.26. The van der Waals surface area contributed by atoms with E-state index in [1.54, 1.807) is 32.0 Å². The Morgan fingerprint density at radius 1 is 1.33 bits per heavy atom. The summed E-state index contributed by atoms with van der Waals surface area (Å²) in [5.41, 5.74) is 5.32. The molecule has 2 atom stereocenters. The smallest absolute Gasteiger partial charge is 0.404 e. The molecule has 1 amide bonds. The molecule has 0 aromatic heterocycles. The summed E-state index contributed by atoms with van der Waals surface area (Å²) in [5, 5.41) is 10.9. The number of carbonyl (C=O) groups excluding carboxylic acids is 1. The summed E-state index contributed by atoms with van der Waals surface area (Å²) in [6.45, 7) is 3.59. The van der Waals surface area contributed by atoms with Gasteiger partial charge in [0.1, 0.15) is 12.2 Å². The highest BCUT2D eigenvalue weighted by molar-refractivity contribution is 6.36. The summed E-state index contributed by atoms with van der Waals surface area (Å²) in [6, 6.07) is 4.88. The predicted octanol–water partition coefficient (Wildman–Crippen LogP) is 3.15. The molecule has 0 saturated heterocycles. The topological polar surface area (TPSA) is 72.5 Å². The summed E-state index contributed by atoms with van der Waals surface area (Å²) in [6.07, 6.45) is -2.88. The minimum absolute atomic E-state index is 0.139. The molecule has 1 aromatic rings. The Bertz CT molecular complexity index is 417. The maximum absolute atomic E-state index is 10.8. The number of hydrogen-bond acceptors (Lipinski definition) is 3. The van der Waals surface area contributed by atoms with Crippen molar-refractivity contribution in [2.75, 3.05) is 0 Å². The van der Waals surface area contributed by atoms with Gasteiger partial charge < -0.3 is 15.6 Å². The highest BCUT2D eigenvalue weighted by Crippen LogP contribution is 2.34. The van der Waals surface area contributed by atoms with Gasteiger partial charge >= 0.3 is 6.09 Å². The molecule has 2 unspecified atom stereocenters. The van der Waals surface area contributed by atoms with Crippen LogP contribution < -0.4 is 5.73 Å². The van der Waals surface area contributed by atoms with Gasteiger partial charge in [-0.25, -0.2) is 4.79 Å². The van der Waals surface area contributed by atoms with Crippen LogP contribution in [0.3, 0.4) is 0 Å². The first-order valence-electron chi connectivity index (χ1n) is 5.42. The van der Waals surface area contributed by atoms with Crippen molar-refractivity contribution in [1.82, 2.24) is 0 Å². The highest BCUT2D eigenvalue weighted by atomic mass is 35.5. The second-order valence-corrected chi connectivity index (χ2v) is 5.04. The van der Waals surface area contributed by atoms with Crippen LogP contribution in [0.1, 0.15) is 25.5 Å². The number of aliphatic hydroxyl groups is 1. The van der Waals surface area contributed by atoms with Crippen molar-refractivity contribution >= 4 is 29.3 Å². The van der Waals surface area contributed by atoms with Gasteiger partial charge in [-0.05, 0) is 18.1 Å². The zero-order chi connectivity index (χ0) is 13.9. The quantitative estimate of drug-likeness (QED) is 0.895. The molecule has 0 aliphatic carbocycles. The van der Waals surface area contributed by atoms with E-state index in [1.807, 2.05) is 0 Å². The van der Waals surface area contributed by atoms with Gasteiger partial charge in [-0.3, -0.25) is 0 Å². The average molecular weight is 292 g/mol. The van der Waals surface area contributed by atoms with Crippen LogP contribution in [0, 0.1) is 5.92 Å². The van der Waals surface area contributed by atoms with Gasteiger partial charge in [-0.15, -0.1) is 0 Å². The molecule has 0 bridgehead atoms. The fourth-order valence-corrected chi connectivity index (χ4v) is 2.28. The molecule has 0 aliphatic rings. The van der Waals surface area contributed by atoms with Crippen molar-refractivity contribution in [1.29, 1.82) is 0 Å². The van der Waals surface area contributed by atoms with Crippen molar-refractivity contribution in [3.8, 4) is 0 Å². The largest absolute Gasteiger partial charge is 0.443 e. The fraction of sp³-hybridized carbons (Fsp3) is 0.417. The number of aliphatic hydroxyl groups excluding tert-OH is 1. The Balaban J connectivity index is 3.09. The molecule has 0 saturated carbocycles. The van der Waals surface area contributed by atoms with E-state index in [-0.39, 0.29) is 5.92 Å². The third-order valence-corrected chi connectivity index (χ3v) is 3.18. The Morgan fingerprint density at radius 3 is 2.22 bits per heavy atom. The fourth-order valence-electron chi connectivity index (χ4n) is 1.66. The van der Waals surface area contributed by atoms with Crippen molar-refractivity contribution < 1.29 is 14.6 Å². The first kappa shape index (κ1) is 15.1. The lowest BCUT2D eigenvalue weighted by molar-refractivity contribution is -0.0195. The monoisotopic (exact) mass is 291 g/mol. The number of hydrogen-bond donors (Lipinski definition) is 2. The van der Waals surface area contributed by atoms with Crippen molar-refractivity contribution in [2.24, 2.45) is 11.7 Å². The second kappa shape index (κ2) is 6.27. The second-order valence-electron chi connectivity index (χ2n) is 4.23. The zero-order valence-corrected chi connectivity index (χ0v) is 11.6. The van der Waals surface area contributed by atoms with Gasteiger partial charge in [-0.1, -0.05) is 43.1 Å². The normalized spacial score (nSPS) is 14.3. The molecule has 100 valence electrons. The number of benzene rings is 1. The van der Waals surface area contributed by atoms with E-state index in [0.717, 1.165) is 0 Å². The molecular formula is C12H15Cl2NO3. The highest BCUT2D eigenvalue weighted by Gasteiger charge is 2.30. The standard InChI is InChI=1S/C12H15Cl2NO3/c1-6(2)11(18-12(15)17)10(16)9-7(13)4-3-5-8(9)14/h3-6,10-11,16H,1-2H3,(H2,15,17). The minimum Gasteiger partial charge on any atom is -0.443 e. The van der Waals surface area contributed by atoms with Gasteiger partial charge in [0, 0.05) is 15.6 Å². The molecule has 6 heteroatoms. The first-order chi connectivity index (χ1) is 8.34. The Labute approximate surface area is 116 Å². The maximum Gasteiger partial charge on any atom is 0.404 e. The van der Waals surface area contributed by atoms with Crippen molar-refractivity contribution in [2.45, 2.75) is 26.1 Å². The third-order valence-electron chi connectivity index (χ3n) is 2.52. The number of primary amides is 1. The number of amides is 1.